The van der Waals surface area contributed by atoms with Gasteiger partial charge in [0, 0.05) is 11.6 Å². The average Bonchev–Trinajstić information content (AvgIpc) is 2.34. The zero-order valence-corrected chi connectivity index (χ0v) is 8.77. The zero-order valence-electron chi connectivity index (χ0n) is 8.77. The van der Waals surface area contributed by atoms with Gasteiger partial charge in [-0.15, -0.1) is 0 Å². The molecule has 0 bridgehead atoms. The molecule has 0 aliphatic heterocycles. The number of carbonyl (C=O) groups excluding carboxylic acids is 2. The number of ether oxygens (including phenoxy) is 1. The van der Waals surface area contributed by atoms with Crippen molar-refractivity contribution in [2.45, 2.75) is 0 Å². The van der Waals surface area contributed by atoms with E-state index in [0.29, 0.717) is 6.29 Å². The van der Waals surface area contributed by atoms with Gasteiger partial charge in [0.2, 0.25) is 0 Å². The van der Waals surface area contributed by atoms with Crippen LogP contribution in [0.3, 0.4) is 0 Å². The van der Waals surface area contributed by atoms with Gasteiger partial charge in [-0.1, -0.05) is 18.1 Å². The molecule has 0 aromatic heterocycles. The number of benzene rings is 1. The molecular formula is C13H10O3. The molecule has 0 fully saturated rings. The Morgan fingerprint density at radius 1 is 1.31 bits per heavy atom. The zero-order chi connectivity index (χ0) is 11.8. The first-order chi connectivity index (χ1) is 7.76. The molecule has 3 nitrogen and oxygen atoms in total. The molecule has 0 aliphatic carbocycles. The van der Waals surface area contributed by atoms with Crippen LogP contribution in [0.25, 0.3) is 6.08 Å². The summed E-state index contributed by atoms with van der Waals surface area (Å²) >= 11 is 0. The molecule has 0 amide bonds. The van der Waals surface area contributed by atoms with Crippen LogP contribution in [0.4, 0.5) is 0 Å². The molecule has 16 heavy (non-hydrogen) atoms. The Morgan fingerprint density at radius 2 is 2.00 bits per heavy atom. The summed E-state index contributed by atoms with van der Waals surface area (Å²) in [4.78, 5) is 20.8. The molecule has 0 aliphatic rings. The Hall–Kier alpha value is -2.34. The lowest BCUT2D eigenvalue weighted by Gasteiger charge is -1.94. The Balaban J connectivity index is 2.75. The molecule has 1 aromatic carbocycles. The van der Waals surface area contributed by atoms with Crippen molar-refractivity contribution in [3.8, 4) is 11.8 Å². The summed E-state index contributed by atoms with van der Waals surface area (Å²) in [5.41, 5.74) is 1.62. The number of esters is 1. The first-order valence-electron chi connectivity index (χ1n) is 4.57. The Kier molecular flexibility index (Phi) is 4.55. The summed E-state index contributed by atoms with van der Waals surface area (Å²) in [5.74, 6) is 4.59. The minimum Gasteiger partial charge on any atom is -0.466 e. The maximum absolute atomic E-state index is 10.8. The van der Waals surface area contributed by atoms with E-state index in [0.717, 1.165) is 11.1 Å². The van der Waals surface area contributed by atoms with Crippen LogP contribution in [-0.4, -0.2) is 19.4 Å². The molecule has 1 rings (SSSR count). The first-order valence-corrected chi connectivity index (χ1v) is 4.57. The van der Waals surface area contributed by atoms with Gasteiger partial charge in [-0.3, -0.25) is 4.79 Å². The van der Waals surface area contributed by atoms with Gasteiger partial charge in [0.1, 0.15) is 0 Å². The van der Waals surface area contributed by atoms with Crippen LogP contribution in [-0.2, 0) is 14.3 Å². The number of methoxy groups -OCH3 is 1. The molecule has 1 aromatic rings. The normalized spacial score (nSPS) is 9.31. The van der Waals surface area contributed by atoms with Crippen LogP contribution in [0.2, 0.25) is 0 Å². The highest BCUT2D eigenvalue weighted by atomic mass is 16.5. The first kappa shape index (κ1) is 11.7. The molecule has 0 heterocycles. The molecule has 0 N–H and O–H groups in total. The van der Waals surface area contributed by atoms with Crippen LogP contribution >= 0.6 is 0 Å². The van der Waals surface area contributed by atoms with Crippen molar-refractivity contribution in [3.63, 3.8) is 0 Å². The van der Waals surface area contributed by atoms with Crippen LogP contribution in [0, 0.1) is 11.8 Å². The van der Waals surface area contributed by atoms with Gasteiger partial charge in [0.15, 0.2) is 6.29 Å². The molecule has 0 spiro atoms. The van der Waals surface area contributed by atoms with Gasteiger partial charge in [-0.05, 0) is 29.7 Å². The lowest BCUT2D eigenvalue weighted by molar-refractivity contribution is -0.134. The monoisotopic (exact) mass is 214 g/mol. The second kappa shape index (κ2) is 6.20. The Morgan fingerprint density at radius 3 is 2.56 bits per heavy atom. The molecule has 80 valence electrons. The van der Waals surface area contributed by atoms with Crippen LogP contribution in [0.5, 0.6) is 0 Å². The van der Waals surface area contributed by atoms with Gasteiger partial charge in [-0.2, -0.15) is 0 Å². The standard InChI is InChI=1S/C13H10O3/c1-16-13(15)9-8-12-6-4-11(5-7-12)3-2-10-14/h4-10H,1H3/b9-8+. The molecule has 0 atom stereocenters. The van der Waals surface area contributed by atoms with E-state index in [9.17, 15) is 9.59 Å². The van der Waals surface area contributed by atoms with Crippen molar-refractivity contribution in [1.82, 2.24) is 0 Å². The second-order valence-corrected chi connectivity index (χ2v) is 2.87. The summed E-state index contributed by atoms with van der Waals surface area (Å²) in [6, 6.07) is 7.14. The Labute approximate surface area is 93.7 Å². The van der Waals surface area contributed by atoms with Gasteiger partial charge in [0.05, 0.1) is 7.11 Å². The molecule has 0 saturated carbocycles. The highest BCUT2D eigenvalue weighted by molar-refractivity contribution is 5.86. The third-order valence-electron chi connectivity index (χ3n) is 1.80. The molecule has 0 radical (unpaired) electrons. The summed E-state index contributed by atoms with van der Waals surface area (Å²) in [6.07, 6.45) is 3.53. The number of carbonyl (C=O) groups is 2. The van der Waals surface area contributed by atoms with Crippen LogP contribution in [0.15, 0.2) is 30.3 Å². The average molecular weight is 214 g/mol. The maximum atomic E-state index is 10.8. The molecule has 3 heteroatoms. The van der Waals surface area contributed by atoms with Crippen molar-refractivity contribution in [2.24, 2.45) is 0 Å². The van der Waals surface area contributed by atoms with Gasteiger partial charge < -0.3 is 4.74 Å². The van der Waals surface area contributed by atoms with Crippen molar-refractivity contribution in [2.75, 3.05) is 7.11 Å². The van der Waals surface area contributed by atoms with E-state index in [1.807, 2.05) is 0 Å². The van der Waals surface area contributed by atoms with E-state index < -0.39 is 5.97 Å². The largest absolute Gasteiger partial charge is 0.466 e. The van der Waals surface area contributed by atoms with Crippen molar-refractivity contribution < 1.29 is 14.3 Å². The topological polar surface area (TPSA) is 43.4 Å². The fourth-order valence-corrected chi connectivity index (χ4v) is 1.02. The third-order valence-corrected chi connectivity index (χ3v) is 1.80. The summed E-state index contributed by atoms with van der Waals surface area (Å²) in [6.45, 7) is 0. The minimum absolute atomic E-state index is 0.398. The second-order valence-electron chi connectivity index (χ2n) is 2.87. The number of hydrogen-bond acceptors (Lipinski definition) is 3. The summed E-state index contributed by atoms with van der Waals surface area (Å²) < 4.78 is 4.46. The van der Waals surface area contributed by atoms with E-state index in [-0.39, 0.29) is 0 Å². The van der Waals surface area contributed by atoms with Gasteiger partial charge in [-0.25, -0.2) is 4.79 Å². The van der Waals surface area contributed by atoms with E-state index >= 15 is 0 Å². The number of aldehydes is 1. The predicted octanol–water partition coefficient (Wildman–Crippen LogP) is 1.42. The van der Waals surface area contributed by atoms with Crippen LogP contribution < -0.4 is 0 Å². The predicted molar refractivity (Wildman–Crippen MR) is 60.4 cm³/mol. The Bertz CT molecular complexity index is 458. The smallest absolute Gasteiger partial charge is 0.330 e. The fourth-order valence-electron chi connectivity index (χ4n) is 1.02. The van der Waals surface area contributed by atoms with Gasteiger partial charge in [0.25, 0.3) is 0 Å². The quantitative estimate of drug-likeness (QED) is 0.323. The number of rotatable bonds is 2. The van der Waals surface area contributed by atoms with Crippen molar-refractivity contribution >= 4 is 18.3 Å². The summed E-state index contributed by atoms with van der Waals surface area (Å²) in [7, 11) is 1.32. The highest BCUT2D eigenvalue weighted by Gasteiger charge is 1.92. The fraction of sp³-hybridized carbons (Fsp3) is 0.0769. The van der Waals surface area contributed by atoms with Crippen molar-refractivity contribution in [3.05, 3.63) is 41.5 Å². The van der Waals surface area contributed by atoms with E-state index in [4.69, 9.17) is 0 Å². The lowest BCUT2D eigenvalue weighted by atomic mass is 10.1. The minimum atomic E-state index is -0.398. The van der Waals surface area contributed by atoms with Crippen molar-refractivity contribution in [1.29, 1.82) is 0 Å². The maximum Gasteiger partial charge on any atom is 0.330 e. The molecular weight excluding hydrogens is 204 g/mol. The lowest BCUT2D eigenvalue weighted by Crippen LogP contribution is -1.93. The van der Waals surface area contributed by atoms with E-state index in [1.54, 1.807) is 30.3 Å². The number of hydrogen-bond donors (Lipinski definition) is 0. The van der Waals surface area contributed by atoms with E-state index in [1.165, 1.54) is 13.2 Å². The van der Waals surface area contributed by atoms with E-state index in [2.05, 4.69) is 16.6 Å². The summed E-state index contributed by atoms with van der Waals surface area (Å²) in [5, 5.41) is 0. The third kappa shape index (κ3) is 3.81. The van der Waals surface area contributed by atoms with Crippen LogP contribution in [0.1, 0.15) is 11.1 Å². The molecule has 0 saturated heterocycles. The SMILES string of the molecule is COC(=O)/C=C/c1ccc(C#CC=O)cc1. The van der Waals surface area contributed by atoms with Gasteiger partial charge >= 0.3 is 5.97 Å². The highest BCUT2D eigenvalue weighted by Crippen LogP contribution is 2.05. The molecule has 0 unspecified atom stereocenters.